The van der Waals surface area contributed by atoms with Gasteiger partial charge >= 0.3 is 6.03 Å². The van der Waals surface area contributed by atoms with Crippen molar-refractivity contribution in [1.82, 2.24) is 20.4 Å². The van der Waals surface area contributed by atoms with Gasteiger partial charge in [0.25, 0.3) is 0 Å². The molecular weight excluding hydrogens is 342 g/mol. The van der Waals surface area contributed by atoms with E-state index in [1.807, 2.05) is 11.8 Å². The summed E-state index contributed by atoms with van der Waals surface area (Å²) >= 11 is 0. The Labute approximate surface area is 159 Å². The van der Waals surface area contributed by atoms with E-state index in [0.29, 0.717) is 31.3 Å². The van der Waals surface area contributed by atoms with Gasteiger partial charge in [0, 0.05) is 44.8 Å². The molecule has 1 aromatic heterocycles. The molecule has 0 unspecified atom stereocenters. The van der Waals surface area contributed by atoms with E-state index < -0.39 is 0 Å². The van der Waals surface area contributed by atoms with Crippen LogP contribution in [0.2, 0.25) is 0 Å². The molecule has 1 fully saturated rings. The Morgan fingerprint density at radius 1 is 1.30 bits per heavy atom. The Morgan fingerprint density at radius 3 is 2.85 bits per heavy atom. The van der Waals surface area contributed by atoms with E-state index in [2.05, 4.69) is 45.6 Å². The van der Waals surface area contributed by atoms with Gasteiger partial charge in [-0.3, -0.25) is 0 Å². The van der Waals surface area contributed by atoms with E-state index in [0.717, 1.165) is 31.4 Å². The number of piperidine rings is 1. The normalized spacial score (nSPS) is 17.7. The Bertz CT molecular complexity index is 810. The van der Waals surface area contributed by atoms with Crippen LogP contribution in [0, 0.1) is 6.92 Å². The van der Waals surface area contributed by atoms with Crippen molar-refractivity contribution in [1.29, 1.82) is 0 Å². The third kappa shape index (κ3) is 3.91. The lowest BCUT2D eigenvalue weighted by Gasteiger charge is -2.30. The first-order valence-corrected chi connectivity index (χ1v) is 9.76. The van der Waals surface area contributed by atoms with E-state index in [1.54, 1.807) is 0 Å². The van der Waals surface area contributed by atoms with E-state index >= 15 is 0 Å². The number of carbonyl (C=O) groups is 1. The van der Waals surface area contributed by atoms with E-state index in [1.165, 1.54) is 17.7 Å². The third-order valence-corrected chi connectivity index (χ3v) is 5.61. The molecule has 0 aliphatic carbocycles. The minimum Gasteiger partial charge on any atom is -0.374 e. The first kappa shape index (κ1) is 17.8. The molecule has 2 aliphatic heterocycles. The number of rotatable bonds is 3. The van der Waals surface area contributed by atoms with E-state index in [-0.39, 0.29) is 11.9 Å². The highest BCUT2D eigenvalue weighted by molar-refractivity contribution is 5.74. The molecular formula is C20H27N5O2. The molecule has 0 bridgehead atoms. The molecule has 2 aliphatic rings. The van der Waals surface area contributed by atoms with Crippen molar-refractivity contribution in [3.05, 3.63) is 41.0 Å². The molecule has 0 spiro atoms. The standard InChI is InChI=1S/C20H27N5O2/c1-14-22-19(27-23-14)16-7-10-25(11-8-16)20(26)21-13-15-5-6-18-17(12-15)4-3-9-24(18)2/h5-6,12,16H,3-4,7-11,13H2,1-2H3,(H,21,26). The Balaban J connectivity index is 1.29. The molecule has 1 N–H and O–H groups in total. The summed E-state index contributed by atoms with van der Waals surface area (Å²) in [6.07, 6.45) is 4.03. The van der Waals surface area contributed by atoms with Gasteiger partial charge in [-0.1, -0.05) is 17.3 Å². The van der Waals surface area contributed by atoms with Crippen LogP contribution in [0.4, 0.5) is 10.5 Å². The van der Waals surface area contributed by atoms with Gasteiger partial charge in [-0.05, 0) is 49.8 Å². The summed E-state index contributed by atoms with van der Waals surface area (Å²) in [6, 6.07) is 6.53. The molecule has 7 heteroatoms. The largest absolute Gasteiger partial charge is 0.374 e. The summed E-state index contributed by atoms with van der Waals surface area (Å²) in [5.74, 6) is 1.63. The number of benzene rings is 1. The minimum absolute atomic E-state index is 0.00463. The van der Waals surface area contributed by atoms with Gasteiger partial charge in [-0.25, -0.2) is 4.79 Å². The topological polar surface area (TPSA) is 74.5 Å². The number of hydrogen-bond donors (Lipinski definition) is 1. The molecule has 7 nitrogen and oxygen atoms in total. The van der Waals surface area contributed by atoms with Gasteiger partial charge in [-0.15, -0.1) is 0 Å². The SMILES string of the molecule is Cc1noc(C2CCN(C(=O)NCc3ccc4c(c3)CCCN4C)CC2)n1. The molecule has 4 rings (SSSR count). The summed E-state index contributed by atoms with van der Waals surface area (Å²) < 4.78 is 5.27. The molecule has 0 radical (unpaired) electrons. The quantitative estimate of drug-likeness (QED) is 0.900. The van der Waals surface area contributed by atoms with Gasteiger partial charge in [0.1, 0.15) is 0 Å². The third-order valence-electron chi connectivity index (χ3n) is 5.61. The van der Waals surface area contributed by atoms with E-state index in [9.17, 15) is 4.79 Å². The summed E-state index contributed by atoms with van der Waals surface area (Å²) in [5.41, 5.74) is 3.86. The fraction of sp³-hybridized carbons (Fsp3) is 0.550. The number of aromatic nitrogens is 2. The van der Waals surface area contributed by atoms with Crippen LogP contribution in [0.25, 0.3) is 0 Å². The average Bonchev–Trinajstić information content (AvgIpc) is 3.13. The van der Waals surface area contributed by atoms with Crippen molar-refractivity contribution in [2.75, 3.05) is 31.6 Å². The summed E-state index contributed by atoms with van der Waals surface area (Å²) in [5, 5.41) is 6.93. The lowest BCUT2D eigenvalue weighted by molar-refractivity contribution is 0.175. The van der Waals surface area contributed by atoms with Gasteiger partial charge < -0.3 is 19.6 Å². The number of urea groups is 1. The maximum Gasteiger partial charge on any atom is 0.317 e. The number of anilines is 1. The maximum absolute atomic E-state index is 12.5. The highest BCUT2D eigenvalue weighted by Crippen LogP contribution is 2.28. The molecule has 1 saturated heterocycles. The zero-order valence-electron chi connectivity index (χ0n) is 16.1. The van der Waals surface area contributed by atoms with Crippen LogP contribution in [0.3, 0.4) is 0 Å². The average molecular weight is 369 g/mol. The van der Waals surface area contributed by atoms with Crippen LogP contribution >= 0.6 is 0 Å². The number of nitrogens with zero attached hydrogens (tertiary/aromatic N) is 4. The lowest BCUT2D eigenvalue weighted by atomic mass is 9.97. The molecule has 1 aromatic carbocycles. The number of aryl methyl sites for hydroxylation is 2. The molecule has 0 atom stereocenters. The molecule has 144 valence electrons. The number of hydrogen-bond acceptors (Lipinski definition) is 5. The second-order valence-electron chi connectivity index (χ2n) is 7.59. The van der Waals surface area contributed by atoms with Crippen LogP contribution in [0.5, 0.6) is 0 Å². The smallest absolute Gasteiger partial charge is 0.317 e. The van der Waals surface area contributed by atoms with Gasteiger partial charge in [-0.2, -0.15) is 4.98 Å². The van der Waals surface area contributed by atoms with E-state index in [4.69, 9.17) is 4.52 Å². The highest BCUT2D eigenvalue weighted by Gasteiger charge is 2.27. The number of amides is 2. The predicted octanol–water partition coefficient (Wildman–Crippen LogP) is 2.85. The van der Waals surface area contributed by atoms with Crippen molar-refractivity contribution in [3.63, 3.8) is 0 Å². The maximum atomic E-state index is 12.5. The summed E-state index contributed by atoms with van der Waals surface area (Å²) in [6.45, 7) is 4.94. The number of nitrogens with one attached hydrogen (secondary N) is 1. The van der Waals surface area contributed by atoms with Gasteiger partial charge in [0.2, 0.25) is 5.89 Å². The second-order valence-corrected chi connectivity index (χ2v) is 7.59. The van der Waals surface area contributed by atoms with Gasteiger partial charge in [0.05, 0.1) is 0 Å². The first-order chi connectivity index (χ1) is 13.1. The zero-order chi connectivity index (χ0) is 18.8. The number of carbonyl (C=O) groups excluding carboxylic acids is 1. The van der Waals surface area contributed by atoms with Crippen molar-refractivity contribution in [2.24, 2.45) is 0 Å². The highest BCUT2D eigenvalue weighted by atomic mass is 16.5. The van der Waals surface area contributed by atoms with Crippen molar-refractivity contribution in [2.45, 2.75) is 45.1 Å². The van der Waals surface area contributed by atoms with Crippen LogP contribution < -0.4 is 10.2 Å². The van der Waals surface area contributed by atoms with Gasteiger partial charge in [0.15, 0.2) is 5.82 Å². The first-order valence-electron chi connectivity index (χ1n) is 9.76. The van der Waals surface area contributed by atoms with Crippen LogP contribution in [-0.4, -0.2) is 47.8 Å². The number of likely N-dealkylation sites (tertiary alicyclic amines) is 1. The van der Waals surface area contributed by atoms with Crippen molar-refractivity contribution < 1.29 is 9.32 Å². The predicted molar refractivity (Wildman–Crippen MR) is 103 cm³/mol. The monoisotopic (exact) mass is 369 g/mol. The molecule has 2 aromatic rings. The minimum atomic E-state index is 0.00463. The fourth-order valence-electron chi connectivity index (χ4n) is 4.05. The molecule has 2 amide bonds. The van der Waals surface area contributed by atoms with Crippen molar-refractivity contribution >= 4 is 11.7 Å². The van der Waals surface area contributed by atoms with Crippen LogP contribution in [0.1, 0.15) is 48.0 Å². The molecule has 27 heavy (non-hydrogen) atoms. The number of fused-ring (bicyclic) bond motifs is 1. The van der Waals surface area contributed by atoms with Crippen LogP contribution in [-0.2, 0) is 13.0 Å². The second kappa shape index (κ2) is 7.58. The molecule has 0 saturated carbocycles. The Hall–Kier alpha value is -2.57. The Kier molecular flexibility index (Phi) is 5.01. The fourth-order valence-corrected chi connectivity index (χ4v) is 4.05. The molecule has 3 heterocycles. The lowest BCUT2D eigenvalue weighted by Crippen LogP contribution is -2.43. The van der Waals surface area contributed by atoms with Crippen LogP contribution in [0.15, 0.2) is 22.7 Å². The zero-order valence-corrected chi connectivity index (χ0v) is 16.1. The summed E-state index contributed by atoms with van der Waals surface area (Å²) in [4.78, 5) is 21.0. The Morgan fingerprint density at radius 2 is 2.11 bits per heavy atom. The summed E-state index contributed by atoms with van der Waals surface area (Å²) in [7, 11) is 2.14. The van der Waals surface area contributed by atoms with Crippen molar-refractivity contribution in [3.8, 4) is 0 Å².